The molecule has 1 heterocycles. The highest BCUT2D eigenvalue weighted by Crippen LogP contribution is 2.31. The maximum absolute atomic E-state index is 11.9. The van der Waals surface area contributed by atoms with E-state index in [1.54, 1.807) is 14.0 Å². The van der Waals surface area contributed by atoms with Gasteiger partial charge in [-0.15, -0.1) is 0 Å². The highest BCUT2D eigenvalue weighted by Gasteiger charge is 2.33. The molecule has 0 atom stereocenters. The number of anilines is 1. The second kappa shape index (κ2) is 6.34. The average Bonchev–Trinajstić information content (AvgIpc) is 3.32. The Morgan fingerprint density at radius 2 is 2.14 bits per heavy atom. The molecule has 21 heavy (non-hydrogen) atoms. The van der Waals surface area contributed by atoms with E-state index in [2.05, 4.69) is 9.97 Å². The van der Waals surface area contributed by atoms with Gasteiger partial charge in [0.25, 0.3) is 0 Å². The highest BCUT2D eigenvalue weighted by atomic mass is 16.5. The van der Waals surface area contributed by atoms with Gasteiger partial charge < -0.3 is 10.5 Å². The first-order valence-electron chi connectivity index (χ1n) is 6.77. The van der Waals surface area contributed by atoms with Crippen LogP contribution in [0.2, 0.25) is 0 Å². The Labute approximate surface area is 122 Å². The molecule has 0 radical (unpaired) electrons. The Morgan fingerprint density at radius 3 is 2.62 bits per heavy atom. The molecule has 1 aliphatic carbocycles. The van der Waals surface area contributed by atoms with E-state index < -0.39 is 5.97 Å². The summed E-state index contributed by atoms with van der Waals surface area (Å²) < 4.78 is 4.89. The van der Waals surface area contributed by atoms with Crippen LogP contribution in [-0.2, 0) is 14.3 Å². The summed E-state index contributed by atoms with van der Waals surface area (Å²) in [4.78, 5) is 33.4. The number of rotatable bonds is 5. The van der Waals surface area contributed by atoms with Gasteiger partial charge in [0.15, 0.2) is 5.82 Å². The van der Waals surface area contributed by atoms with Gasteiger partial charge in [0.05, 0.1) is 24.7 Å². The van der Waals surface area contributed by atoms with Crippen molar-refractivity contribution >= 4 is 23.3 Å². The molecule has 0 aliphatic heterocycles. The normalized spacial score (nSPS) is 14.7. The summed E-state index contributed by atoms with van der Waals surface area (Å²) in [5.41, 5.74) is 5.89. The standard InChI is InChI=1S/C14H18N4O3/c1-3-21-14(20)10(6-15)11-7-17-12(8-16-11)18(2)13(19)9-4-5-9/h6-9H,3-5,15H2,1-2H3/b10-6+. The predicted molar refractivity (Wildman–Crippen MR) is 77.0 cm³/mol. The Kier molecular flexibility index (Phi) is 4.52. The van der Waals surface area contributed by atoms with E-state index in [4.69, 9.17) is 10.5 Å². The molecule has 1 aromatic heterocycles. The van der Waals surface area contributed by atoms with Crippen molar-refractivity contribution in [1.82, 2.24) is 9.97 Å². The Morgan fingerprint density at radius 1 is 1.43 bits per heavy atom. The lowest BCUT2D eigenvalue weighted by Crippen LogP contribution is -2.28. The van der Waals surface area contributed by atoms with Crippen LogP contribution in [0, 0.1) is 5.92 Å². The number of carbonyl (C=O) groups is 2. The molecule has 112 valence electrons. The van der Waals surface area contributed by atoms with E-state index in [1.165, 1.54) is 17.3 Å². The smallest absolute Gasteiger partial charge is 0.341 e. The lowest BCUT2D eigenvalue weighted by Gasteiger charge is -2.15. The zero-order chi connectivity index (χ0) is 15.4. The minimum atomic E-state index is -0.551. The number of aromatic nitrogens is 2. The van der Waals surface area contributed by atoms with Crippen LogP contribution < -0.4 is 10.6 Å². The molecule has 0 bridgehead atoms. The number of ether oxygens (including phenoxy) is 1. The quantitative estimate of drug-likeness (QED) is 0.633. The molecule has 1 fully saturated rings. The molecule has 0 unspecified atom stereocenters. The first-order chi connectivity index (χ1) is 10.1. The zero-order valence-electron chi connectivity index (χ0n) is 12.1. The maximum Gasteiger partial charge on any atom is 0.341 e. The van der Waals surface area contributed by atoms with Crippen LogP contribution in [0.1, 0.15) is 25.5 Å². The van der Waals surface area contributed by atoms with Gasteiger partial charge in [-0.05, 0) is 19.8 Å². The molecule has 2 N–H and O–H groups in total. The summed E-state index contributed by atoms with van der Waals surface area (Å²) in [6.45, 7) is 1.96. The number of amides is 1. The van der Waals surface area contributed by atoms with Gasteiger partial charge in [0, 0.05) is 19.2 Å². The van der Waals surface area contributed by atoms with Gasteiger partial charge >= 0.3 is 5.97 Å². The second-order valence-electron chi connectivity index (χ2n) is 4.73. The highest BCUT2D eigenvalue weighted by molar-refractivity contribution is 6.15. The minimum absolute atomic E-state index is 0.0389. The first kappa shape index (κ1) is 15.0. The Hall–Kier alpha value is -2.44. The fraction of sp³-hybridized carbons (Fsp3) is 0.429. The zero-order valence-corrected chi connectivity index (χ0v) is 12.1. The minimum Gasteiger partial charge on any atom is -0.462 e. The van der Waals surface area contributed by atoms with Crippen molar-refractivity contribution in [2.45, 2.75) is 19.8 Å². The van der Waals surface area contributed by atoms with E-state index in [0.29, 0.717) is 11.5 Å². The third-order valence-electron chi connectivity index (χ3n) is 3.18. The van der Waals surface area contributed by atoms with Gasteiger partial charge in [0.1, 0.15) is 5.57 Å². The largest absolute Gasteiger partial charge is 0.462 e. The molecule has 7 heteroatoms. The number of nitrogens with two attached hydrogens (primary N) is 1. The molecular weight excluding hydrogens is 272 g/mol. The number of esters is 1. The second-order valence-corrected chi connectivity index (χ2v) is 4.73. The molecule has 1 aromatic rings. The van der Waals surface area contributed by atoms with Crippen molar-refractivity contribution in [3.05, 3.63) is 24.3 Å². The molecular formula is C14H18N4O3. The van der Waals surface area contributed by atoms with Gasteiger partial charge in [-0.1, -0.05) is 0 Å². The van der Waals surface area contributed by atoms with Gasteiger partial charge in [-0.3, -0.25) is 14.7 Å². The van der Waals surface area contributed by atoms with Crippen LogP contribution in [0.4, 0.5) is 5.82 Å². The SMILES string of the molecule is CCOC(=O)/C(=C/N)c1cnc(N(C)C(=O)C2CC2)cn1. The van der Waals surface area contributed by atoms with E-state index in [9.17, 15) is 9.59 Å². The monoisotopic (exact) mass is 290 g/mol. The van der Waals surface area contributed by atoms with Crippen LogP contribution in [-0.4, -0.2) is 35.5 Å². The number of nitrogens with zero attached hydrogens (tertiary/aromatic N) is 3. The van der Waals surface area contributed by atoms with Crippen LogP contribution in [0.25, 0.3) is 5.57 Å². The number of carbonyl (C=O) groups excluding carboxylic acids is 2. The third kappa shape index (κ3) is 3.36. The molecule has 0 saturated heterocycles. The number of hydrogen-bond acceptors (Lipinski definition) is 6. The van der Waals surface area contributed by atoms with Crippen LogP contribution in [0.5, 0.6) is 0 Å². The maximum atomic E-state index is 11.9. The summed E-state index contributed by atoms with van der Waals surface area (Å²) in [5.74, 6) is 0.0351. The van der Waals surface area contributed by atoms with Crippen LogP contribution in [0.15, 0.2) is 18.6 Å². The summed E-state index contributed by atoms with van der Waals surface area (Å²) >= 11 is 0. The van der Waals surface area contributed by atoms with Crippen molar-refractivity contribution in [3.8, 4) is 0 Å². The molecule has 1 aliphatic rings. The van der Waals surface area contributed by atoms with Gasteiger partial charge in [-0.2, -0.15) is 0 Å². The molecule has 1 amide bonds. The first-order valence-corrected chi connectivity index (χ1v) is 6.77. The van der Waals surface area contributed by atoms with Gasteiger partial charge in [0.2, 0.25) is 5.91 Å². The summed E-state index contributed by atoms with van der Waals surface area (Å²) in [6.07, 6.45) is 5.84. The molecule has 1 saturated carbocycles. The molecule has 7 nitrogen and oxygen atoms in total. The topological polar surface area (TPSA) is 98.4 Å². The summed E-state index contributed by atoms with van der Waals surface area (Å²) in [5, 5.41) is 0. The Bertz CT molecular complexity index is 564. The van der Waals surface area contributed by atoms with Crippen molar-refractivity contribution in [2.24, 2.45) is 11.7 Å². The Balaban J connectivity index is 2.14. The fourth-order valence-electron chi connectivity index (χ4n) is 1.82. The van der Waals surface area contributed by atoms with Crippen molar-refractivity contribution in [1.29, 1.82) is 0 Å². The molecule has 2 rings (SSSR count). The average molecular weight is 290 g/mol. The summed E-state index contributed by atoms with van der Waals surface area (Å²) in [7, 11) is 1.66. The lowest BCUT2D eigenvalue weighted by atomic mass is 10.2. The van der Waals surface area contributed by atoms with E-state index in [0.717, 1.165) is 19.0 Å². The van der Waals surface area contributed by atoms with E-state index >= 15 is 0 Å². The number of hydrogen-bond donors (Lipinski definition) is 1. The fourth-order valence-corrected chi connectivity index (χ4v) is 1.82. The van der Waals surface area contributed by atoms with Crippen molar-refractivity contribution in [3.63, 3.8) is 0 Å². The summed E-state index contributed by atoms with van der Waals surface area (Å²) in [6, 6.07) is 0. The third-order valence-corrected chi connectivity index (χ3v) is 3.18. The van der Waals surface area contributed by atoms with Crippen molar-refractivity contribution in [2.75, 3.05) is 18.6 Å². The van der Waals surface area contributed by atoms with Crippen LogP contribution >= 0.6 is 0 Å². The van der Waals surface area contributed by atoms with E-state index in [1.807, 2.05) is 0 Å². The van der Waals surface area contributed by atoms with Crippen LogP contribution in [0.3, 0.4) is 0 Å². The van der Waals surface area contributed by atoms with Gasteiger partial charge in [-0.25, -0.2) is 9.78 Å². The molecule has 0 aromatic carbocycles. The molecule has 0 spiro atoms. The van der Waals surface area contributed by atoms with E-state index in [-0.39, 0.29) is 24.0 Å². The lowest BCUT2D eigenvalue weighted by molar-refractivity contribution is -0.136. The van der Waals surface area contributed by atoms with Crippen molar-refractivity contribution < 1.29 is 14.3 Å². The predicted octanol–water partition coefficient (Wildman–Crippen LogP) is 0.712.